The van der Waals surface area contributed by atoms with Crippen LogP contribution in [-0.4, -0.2) is 23.4 Å². The smallest absolute Gasteiger partial charge is 0.240 e. The summed E-state index contributed by atoms with van der Waals surface area (Å²) in [5, 5.41) is -1.19. The van der Waals surface area contributed by atoms with Gasteiger partial charge in [-0.2, -0.15) is 0 Å². The molecule has 0 spiro atoms. The third kappa shape index (κ3) is 4.35. The fourth-order valence-electron chi connectivity index (χ4n) is 2.72. The highest BCUT2D eigenvalue weighted by Gasteiger charge is 2.32. The monoisotopic (exact) mass is 419 g/mol. The van der Waals surface area contributed by atoms with Crippen molar-refractivity contribution < 1.29 is 21.3 Å². The van der Waals surface area contributed by atoms with Crippen molar-refractivity contribution >= 4 is 19.9 Å². The fourth-order valence-corrected chi connectivity index (χ4v) is 5.46. The molecule has 0 saturated carbocycles. The van der Waals surface area contributed by atoms with Crippen LogP contribution in [0, 0.1) is 13.8 Å². The Morgan fingerprint density at radius 1 is 0.821 bits per heavy atom. The summed E-state index contributed by atoms with van der Waals surface area (Å²) in [5.74, 6) is 0.173. The maximum absolute atomic E-state index is 13.1. The Kier molecular flexibility index (Phi) is 5.74. The molecule has 0 aliphatic rings. The number of benzene rings is 2. The van der Waals surface area contributed by atoms with E-state index in [4.69, 9.17) is 4.42 Å². The molecule has 0 saturated heterocycles. The molecule has 0 radical (unpaired) electrons. The fraction of sp³-hybridized carbons (Fsp3) is 0.200. The predicted molar refractivity (Wildman–Crippen MR) is 106 cm³/mol. The molecular weight excluding hydrogens is 398 g/mol. The highest BCUT2D eigenvalue weighted by Crippen LogP contribution is 2.29. The molecule has 1 N–H and O–H groups in total. The third-order valence-electron chi connectivity index (χ3n) is 4.37. The number of sulfone groups is 1. The molecule has 2 aromatic carbocycles. The zero-order chi connectivity index (χ0) is 20.4. The van der Waals surface area contributed by atoms with Gasteiger partial charge in [-0.15, -0.1) is 0 Å². The zero-order valence-corrected chi connectivity index (χ0v) is 17.1. The largest absolute Gasteiger partial charge is 0.468 e. The quantitative estimate of drug-likeness (QED) is 0.634. The molecule has 8 heteroatoms. The van der Waals surface area contributed by atoms with Crippen LogP contribution in [0.2, 0.25) is 0 Å². The van der Waals surface area contributed by atoms with Gasteiger partial charge in [-0.3, -0.25) is 0 Å². The number of hydrogen-bond acceptors (Lipinski definition) is 5. The van der Waals surface area contributed by atoms with E-state index in [1.54, 1.807) is 30.3 Å². The van der Waals surface area contributed by atoms with Crippen molar-refractivity contribution in [3.05, 3.63) is 83.8 Å². The van der Waals surface area contributed by atoms with Gasteiger partial charge in [-0.05, 0) is 50.2 Å². The van der Waals surface area contributed by atoms with E-state index in [1.165, 1.54) is 36.6 Å². The molecule has 6 nitrogen and oxygen atoms in total. The number of furan rings is 1. The Labute approximate surface area is 165 Å². The number of sulfonamides is 1. The average Bonchev–Trinajstić information content (AvgIpc) is 3.16. The third-order valence-corrected chi connectivity index (χ3v) is 7.89. The second-order valence-corrected chi connectivity index (χ2v) is 10.4. The molecule has 1 aromatic heterocycles. The van der Waals surface area contributed by atoms with Crippen LogP contribution in [0.4, 0.5) is 0 Å². The molecule has 0 fully saturated rings. The summed E-state index contributed by atoms with van der Waals surface area (Å²) < 4.78 is 59.2. The van der Waals surface area contributed by atoms with E-state index >= 15 is 0 Å². The highest BCUT2D eigenvalue weighted by molar-refractivity contribution is 7.92. The summed E-state index contributed by atoms with van der Waals surface area (Å²) >= 11 is 0. The Hall–Kier alpha value is -2.42. The molecular formula is C20H21NO5S2. The number of rotatable bonds is 7. The van der Waals surface area contributed by atoms with E-state index in [9.17, 15) is 16.8 Å². The summed E-state index contributed by atoms with van der Waals surface area (Å²) in [4.78, 5) is 0.179. The predicted octanol–water partition coefficient (Wildman–Crippen LogP) is 3.39. The molecule has 1 atom stereocenters. The van der Waals surface area contributed by atoms with Crippen molar-refractivity contribution in [2.45, 2.75) is 28.9 Å². The van der Waals surface area contributed by atoms with Crippen molar-refractivity contribution in [3.8, 4) is 0 Å². The van der Waals surface area contributed by atoms with Crippen LogP contribution in [0.3, 0.4) is 0 Å². The van der Waals surface area contributed by atoms with E-state index in [2.05, 4.69) is 4.72 Å². The second-order valence-electron chi connectivity index (χ2n) is 6.53. The molecule has 28 heavy (non-hydrogen) atoms. The van der Waals surface area contributed by atoms with Crippen molar-refractivity contribution in [1.82, 2.24) is 4.72 Å². The van der Waals surface area contributed by atoms with Crippen LogP contribution >= 0.6 is 0 Å². The molecule has 0 amide bonds. The summed E-state index contributed by atoms with van der Waals surface area (Å²) in [6.07, 6.45) is 1.36. The van der Waals surface area contributed by atoms with Gasteiger partial charge in [-0.1, -0.05) is 35.4 Å². The van der Waals surface area contributed by atoms with Gasteiger partial charge in [0.05, 0.1) is 16.1 Å². The van der Waals surface area contributed by atoms with E-state index in [1.807, 2.05) is 13.8 Å². The van der Waals surface area contributed by atoms with Crippen molar-refractivity contribution in [2.75, 3.05) is 6.54 Å². The summed E-state index contributed by atoms with van der Waals surface area (Å²) in [6.45, 7) is 3.36. The van der Waals surface area contributed by atoms with E-state index in [0.29, 0.717) is 0 Å². The zero-order valence-electron chi connectivity index (χ0n) is 15.5. The first-order valence-electron chi connectivity index (χ1n) is 8.60. The molecule has 0 aliphatic carbocycles. The van der Waals surface area contributed by atoms with Crippen LogP contribution in [0.5, 0.6) is 0 Å². The summed E-state index contributed by atoms with van der Waals surface area (Å²) in [5.41, 5.74) is 1.85. The Morgan fingerprint density at radius 3 is 1.86 bits per heavy atom. The maximum atomic E-state index is 13.1. The van der Waals surface area contributed by atoms with Gasteiger partial charge >= 0.3 is 0 Å². The average molecular weight is 420 g/mol. The minimum absolute atomic E-state index is 0.0732. The SMILES string of the molecule is Cc1ccc(S(=O)(=O)NC[C@H](c2ccco2)S(=O)(=O)c2ccc(C)cc2)cc1. The van der Waals surface area contributed by atoms with Crippen molar-refractivity contribution in [2.24, 2.45) is 0 Å². The molecule has 0 aliphatic heterocycles. The highest BCUT2D eigenvalue weighted by atomic mass is 32.2. The lowest BCUT2D eigenvalue weighted by Gasteiger charge is -2.17. The van der Waals surface area contributed by atoms with Gasteiger partial charge in [0.15, 0.2) is 9.84 Å². The molecule has 3 rings (SSSR count). The second kappa shape index (κ2) is 7.90. The lowest BCUT2D eigenvalue weighted by molar-refractivity contribution is 0.486. The minimum atomic E-state index is -3.87. The first-order chi connectivity index (χ1) is 13.2. The maximum Gasteiger partial charge on any atom is 0.240 e. The topological polar surface area (TPSA) is 93.4 Å². The van der Waals surface area contributed by atoms with E-state index < -0.39 is 25.1 Å². The molecule has 1 heterocycles. The van der Waals surface area contributed by atoms with Crippen LogP contribution in [-0.2, 0) is 19.9 Å². The van der Waals surface area contributed by atoms with Gasteiger partial charge in [-0.25, -0.2) is 21.6 Å². The standard InChI is InChI=1S/C20H21NO5S2/c1-15-5-9-17(10-6-15)27(22,23)20(19-4-3-13-26-19)14-21-28(24,25)18-11-7-16(2)8-12-18/h3-13,20-21H,14H2,1-2H3/t20-/m1/s1. The number of aryl methyl sites for hydroxylation is 2. The molecule has 3 aromatic rings. The van der Waals surface area contributed by atoms with Crippen LogP contribution < -0.4 is 4.72 Å². The lowest BCUT2D eigenvalue weighted by atomic mass is 10.2. The normalized spacial score (nSPS) is 13.4. The molecule has 0 bridgehead atoms. The van der Waals surface area contributed by atoms with Gasteiger partial charge in [0.25, 0.3) is 0 Å². The first-order valence-corrected chi connectivity index (χ1v) is 11.6. The molecule has 148 valence electrons. The summed E-state index contributed by atoms with van der Waals surface area (Å²) in [7, 11) is -7.74. The van der Waals surface area contributed by atoms with Crippen LogP contribution in [0.25, 0.3) is 0 Å². The minimum Gasteiger partial charge on any atom is -0.468 e. The number of hydrogen-bond donors (Lipinski definition) is 1. The van der Waals surface area contributed by atoms with Crippen LogP contribution in [0.1, 0.15) is 22.1 Å². The van der Waals surface area contributed by atoms with Gasteiger partial charge in [0, 0.05) is 6.54 Å². The summed E-state index contributed by atoms with van der Waals surface area (Å²) in [6, 6.07) is 15.8. The van der Waals surface area contributed by atoms with Gasteiger partial charge in [0.1, 0.15) is 11.0 Å². The van der Waals surface area contributed by atoms with Gasteiger partial charge in [0.2, 0.25) is 10.0 Å². The Morgan fingerprint density at radius 2 is 1.36 bits per heavy atom. The van der Waals surface area contributed by atoms with Crippen molar-refractivity contribution in [3.63, 3.8) is 0 Å². The molecule has 0 unspecified atom stereocenters. The van der Waals surface area contributed by atoms with E-state index in [0.717, 1.165) is 11.1 Å². The van der Waals surface area contributed by atoms with Crippen molar-refractivity contribution in [1.29, 1.82) is 0 Å². The van der Waals surface area contributed by atoms with Gasteiger partial charge < -0.3 is 4.42 Å². The first kappa shape index (κ1) is 20.3. The van der Waals surface area contributed by atoms with Crippen LogP contribution in [0.15, 0.2) is 81.1 Å². The van der Waals surface area contributed by atoms with E-state index in [-0.39, 0.29) is 22.1 Å². The Balaban J connectivity index is 1.91. The lowest BCUT2D eigenvalue weighted by Crippen LogP contribution is -2.31. The Bertz CT molecular complexity index is 1130. The number of nitrogens with one attached hydrogen (secondary N) is 1.